The number of pyridine rings is 2. The van der Waals surface area contributed by atoms with Gasteiger partial charge in [-0.15, -0.1) is 0 Å². The highest BCUT2D eigenvalue weighted by molar-refractivity contribution is 5.87. The van der Waals surface area contributed by atoms with E-state index in [2.05, 4.69) is 57.8 Å². The van der Waals surface area contributed by atoms with E-state index in [4.69, 9.17) is 16.7 Å². The molecule has 30 heavy (non-hydrogen) atoms. The van der Waals surface area contributed by atoms with Crippen molar-refractivity contribution in [1.82, 2.24) is 19.3 Å². The van der Waals surface area contributed by atoms with Crippen LogP contribution in [0.1, 0.15) is 80.8 Å². The molecule has 0 aliphatic heterocycles. The van der Waals surface area contributed by atoms with Gasteiger partial charge in [0, 0.05) is 28.6 Å². The summed E-state index contributed by atoms with van der Waals surface area (Å²) in [5.74, 6) is 13.7. The second-order valence-corrected chi connectivity index (χ2v) is 8.99. The lowest BCUT2D eigenvalue weighted by atomic mass is 9.99. The zero-order valence-corrected chi connectivity index (χ0v) is 18.8. The number of aryl methyl sites for hydroxylation is 1. The van der Waals surface area contributed by atoms with Gasteiger partial charge in [0.25, 0.3) is 0 Å². The third kappa shape index (κ3) is 3.02. The van der Waals surface area contributed by atoms with Crippen LogP contribution in [0.2, 0.25) is 0 Å². The predicted octanol–water partition coefficient (Wildman–Crippen LogP) is 4.72. The molecule has 6 heteroatoms. The summed E-state index contributed by atoms with van der Waals surface area (Å²) in [7, 11) is 0. The van der Waals surface area contributed by atoms with E-state index in [1.165, 1.54) is 0 Å². The standard InChI is InChI=1S/C24H32N6/c1-13(2)22-19-10-9-17(28-20(19)16(6)29(22)25)12-15(5)24-21-18(8-7-11-27-21)23(14(3)4)30(24)26/h7-11,13-15H,12,25-26H2,1-6H3. The van der Waals surface area contributed by atoms with Crippen molar-refractivity contribution < 1.29 is 0 Å². The van der Waals surface area contributed by atoms with Crippen molar-refractivity contribution in [3.8, 4) is 0 Å². The smallest absolute Gasteiger partial charge is 0.0937 e. The molecular weight excluding hydrogens is 372 g/mol. The number of aromatic nitrogens is 4. The van der Waals surface area contributed by atoms with Crippen LogP contribution in [-0.4, -0.2) is 19.3 Å². The first-order chi connectivity index (χ1) is 14.2. The van der Waals surface area contributed by atoms with Crippen molar-refractivity contribution in [2.24, 2.45) is 0 Å². The lowest BCUT2D eigenvalue weighted by Crippen LogP contribution is -2.19. The average Bonchev–Trinajstić information content (AvgIpc) is 3.12. The van der Waals surface area contributed by atoms with E-state index in [9.17, 15) is 0 Å². The summed E-state index contributed by atoms with van der Waals surface area (Å²) in [5, 5.41) is 2.27. The fraction of sp³-hybridized carbons (Fsp3) is 0.417. The van der Waals surface area contributed by atoms with E-state index in [-0.39, 0.29) is 5.92 Å². The Kier molecular flexibility index (Phi) is 4.96. The van der Waals surface area contributed by atoms with Gasteiger partial charge in [-0.2, -0.15) is 0 Å². The van der Waals surface area contributed by atoms with E-state index in [1.54, 1.807) is 4.68 Å². The molecule has 4 aromatic heterocycles. The third-order valence-corrected chi connectivity index (χ3v) is 6.11. The van der Waals surface area contributed by atoms with Gasteiger partial charge in [-0.25, -0.2) is 0 Å². The van der Waals surface area contributed by atoms with Gasteiger partial charge in [-0.3, -0.25) is 19.3 Å². The monoisotopic (exact) mass is 404 g/mol. The molecule has 0 radical (unpaired) electrons. The van der Waals surface area contributed by atoms with Crippen LogP contribution in [0.15, 0.2) is 30.5 Å². The molecule has 0 aliphatic carbocycles. The number of nitrogen functional groups attached to an aromatic ring is 2. The molecule has 0 aromatic carbocycles. The molecular formula is C24H32N6. The largest absolute Gasteiger partial charge is 0.339 e. The first-order valence-electron chi connectivity index (χ1n) is 10.7. The Morgan fingerprint density at radius 3 is 2.13 bits per heavy atom. The zero-order valence-electron chi connectivity index (χ0n) is 18.8. The average molecular weight is 405 g/mol. The fourth-order valence-electron chi connectivity index (χ4n) is 4.77. The highest BCUT2D eigenvalue weighted by Gasteiger charge is 2.23. The van der Waals surface area contributed by atoms with Crippen LogP contribution in [0.4, 0.5) is 0 Å². The van der Waals surface area contributed by atoms with E-state index in [1.807, 2.05) is 23.9 Å². The topological polar surface area (TPSA) is 87.7 Å². The number of hydrogen-bond donors (Lipinski definition) is 2. The molecule has 6 nitrogen and oxygen atoms in total. The molecule has 0 aliphatic rings. The van der Waals surface area contributed by atoms with Gasteiger partial charge in [0.1, 0.15) is 0 Å². The SMILES string of the molecule is Cc1c2nc(CC(C)c3c4ncccc4c(C(C)C)n3N)ccc2c(C(C)C)n1N. The molecule has 0 amide bonds. The van der Waals surface area contributed by atoms with E-state index in [0.717, 1.165) is 56.7 Å². The first kappa shape index (κ1) is 20.3. The zero-order chi connectivity index (χ0) is 21.7. The van der Waals surface area contributed by atoms with Crippen LogP contribution < -0.4 is 11.7 Å². The summed E-state index contributed by atoms with van der Waals surface area (Å²) in [6.07, 6.45) is 2.63. The molecule has 4 rings (SSSR count). The van der Waals surface area contributed by atoms with E-state index >= 15 is 0 Å². The van der Waals surface area contributed by atoms with E-state index in [0.29, 0.717) is 11.8 Å². The minimum Gasteiger partial charge on any atom is -0.339 e. The Hall–Kier alpha value is -3.02. The number of hydrogen-bond acceptors (Lipinski definition) is 4. The van der Waals surface area contributed by atoms with Crippen LogP contribution >= 0.6 is 0 Å². The van der Waals surface area contributed by atoms with Crippen molar-refractivity contribution in [3.63, 3.8) is 0 Å². The normalized spacial score (nSPS) is 13.2. The van der Waals surface area contributed by atoms with Crippen molar-refractivity contribution in [2.75, 3.05) is 11.7 Å². The second-order valence-electron chi connectivity index (χ2n) is 8.99. The van der Waals surface area contributed by atoms with E-state index < -0.39 is 0 Å². The molecule has 4 heterocycles. The number of nitrogens with two attached hydrogens (primary N) is 2. The molecule has 4 aromatic rings. The quantitative estimate of drug-likeness (QED) is 0.471. The fourth-order valence-corrected chi connectivity index (χ4v) is 4.77. The Balaban J connectivity index is 1.76. The summed E-state index contributed by atoms with van der Waals surface area (Å²) in [6, 6.07) is 8.37. The molecule has 0 saturated heterocycles. The predicted molar refractivity (Wildman–Crippen MR) is 125 cm³/mol. The molecule has 1 atom stereocenters. The number of rotatable bonds is 5. The van der Waals surface area contributed by atoms with Crippen molar-refractivity contribution in [2.45, 2.75) is 65.7 Å². The van der Waals surface area contributed by atoms with Crippen molar-refractivity contribution >= 4 is 21.8 Å². The molecule has 0 bridgehead atoms. The van der Waals surface area contributed by atoms with Crippen LogP contribution in [0.5, 0.6) is 0 Å². The van der Waals surface area contributed by atoms with Crippen molar-refractivity contribution in [1.29, 1.82) is 0 Å². The van der Waals surface area contributed by atoms with Gasteiger partial charge in [-0.05, 0) is 49.4 Å². The summed E-state index contributed by atoms with van der Waals surface area (Å²) in [4.78, 5) is 9.65. The van der Waals surface area contributed by atoms with Gasteiger partial charge in [-0.1, -0.05) is 34.6 Å². The third-order valence-electron chi connectivity index (χ3n) is 6.11. The molecule has 4 N–H and O–H groups in total. The Morgan fingerprint density at radius 1 is 0.833 bits per heavy atom. The molecule has 0 spiro atoms. The molecule has 158 valence electrons. The summed E-state index contributed by atoms with van der Waals surface area (Å²) in [6.45, 7) is 12.9. The van der Waals surface area contributed by atoms with Crippen molar-refractivity contribution in [3.05, 3.63) is 58.9 Å². The number of fused-ring (bicyclic) bond motifs is 2. The maximum atomic E-state index is 6.58. The van der Waals surface area contributed by atoms with Gasteiger partial charge >= 0.3 is 0 Å². The minimum atomic E-state index is 0.176. The maximum absolute atomic E-state index is 6.58. The van der Waals surface area contributed by atoms with Gasteiger partial charge < -0.3 is 11.7 Å². The summed E-state index contributed by atoms with van der Waals surface area (Å²) in [5.41, 5.74) is 7.33. The van der Waals surface area contributed by atoms with Gasteiger partial charge in [0.05, 0.1) is 33.8 Å². The Labute approximate surface area is 177 Å². The molecule has 0 fully saturated rings. The van der Waals surface area contributed by atoms with Gasteiger partial charge in [0.2, 0.25) is 0 Å². The highest BCUT2D eigenvalue weighted by Crippen LogP contribution is 2.34. The first-order valence-corrected chi connectivity index (χ1v) is 10.7. The summed E-state index contributed by atoms with van der Waals surface area (Å²) < 4.78 is 3.64. The van der Waals surface area contributed by atoms with Crippen LogP contribution in [-0.2, 0) is 6.42 Å². The van der Waals surface area contributed by atoms with Gasteiger partial charge in [0.15, 0.2) is 0 Å². The molecule has 1 unspecified atom stereocenters. The van der Waals surface area contributed by atoms with Crippen LogP contribution in [0.3, 0.4) is 0 Å². The Bertz CT molecular complexity index is 1230. The summed E-state index contributed by atoms with van der Waals surface area (Å²) >= 11 is 0. The van der Waals surface area contributed by atoms with Crippen LogP contribution in [0.25, 0.3) is 21.8 Å². The molecule has 0 saturated carbocycles. The Morgan fingerprint density at radius 2 is 1.47 bits per heavy atom. The lowest BCUT2D eigenvalue weighted by Gasteiger charge is -2.15. The second kappa shape index (κ2) is 7.35. The minimum absolute atomic E-state index is 0.176. The maximum Gasteiger partial charge on any atom is 0.0937 e. The van der Waals surface area contributed by atoms with Crippen LogP contribution in [0, 0.1) is 6.92 Å². The number of nitrogens with zero attached hydrogens (tertiary/aromatic N) is 4. The highest BCUT2D eigenvalue weighted by atomic mass is 15.3. The lowest BCUT2D eigenvalue weighted by molar-refractivity contribution is 0.666.